The number of aliphatic hydroxyl groups excluding tert-OH is 1. The second-order valence-electron chi connectivity index (χ2n) is 8.78. The molecule has 1 atom stereocenters. The van der Waals surface area contributed by atoms with Gasteiger partial charge in [-0.3, -0.25) is 14.5 Å². The molecule has 7 nitrogen and oxygen atoms in total. The highest BCUT2D eigenvalue weighted by Gasteiger charge is 2.45. The van der Waals surface area contributed by atoms with E-state index in [1.165, 1.54) is 4.90 Å². The predicted molar refractivity (Wildman–Crippen MR) is 143 cm³/mol. The molecule has 1 N–H and O–H groups in total. The Morgan fingerprint density at radius 1 is 1.00 bits per heavy atom. The van der Waals surface area contributed by atoms with Crippen LogP contribution < -0.4 is 14.5 Å². The van der Waals surface area contributed by atoms with Crippen molar-refractivity contribution in [1.29, 1.82) is 0 Å². The number of fused-ring (bicyclic) bond motifs is 1. The molecule has 0 radical (unpaired) electrons. The van der Waals surface area contributed by atoms with Crippen molar-refractivity contribution in [2.45, 2.75) is 19.9 Å². The van der Waals surface area contributed by atoms with E-state index < -0.39 is 23.5 Å². The average molecular weight is 497 g/mol. The summed E-state index contributed by atoms with van der Waals surface area (Å²) in [5, 5.41) is 11.8. The molecule has 0 spiro atoms. The van der Waals surface area contributed by atoms with Crippen molar-refractivity contribution in [2.75, 3.05) is 30.0 Å². The summed E-state index contributed by atoms with van der Waals surface area (Å²) in [6.07, 6.45) is 0. The molecule has 188 valence electrons. The topological polar surface area (TPSA) is 83.2 Å². The first-order valence-electron chi connectivity index (χ1n) is 12.3. The van der Waals surface area contributed by atoms with Crippen LogP contribution in [0.15, 0.2) is 94.6 Å². The number of Topliss-reactive ketones (excluding diaryl/α,β-unsaturated/α-hetero) is 1. The van der Waals surface area contributed by atoms with Gasteiger partial charge >= 0.3 is 0 Å². The first kappa shape index (κ1) is 24.2. The summed E-state index contributed by atoms with van der Waals surface area (Å²) in [6, 6.07) is 22.8. The Labute approximate surface area is 215 Å². The normalized spacial score (nSPS) is 15.5. The SMILES string of the molecule is CCN(CC)c1ccc(C2C(C(=O)c3cc4ccccc4o3)=C(O)C(=O)N2c2cccc(OC)c2)cc1. The summed E-state index contributed by atoms with van der Waals surface area (Å²) in [6.45, 7) is 5.87. The Balaban J connectivity index is 1.63. The van der Waals surface area contributed by atoms with Gasteiger partial charge < -0.3 is 19.2 Å². The number of para-hydroxylation sites is 1. The van der Waals surface area contributed by atoms with Crippen LogP contribution in [0.1, 0.15) is 36.0 Å². The fraction of sp³-hybridized carbons (Fsp3) is 0.200. The molecular weight excluding hydrogens is 468 g/mol. The van der Waals surface area contributed by atoms with E-state index >= 15 is 0 Å². The number of ether oxygens (including phenoxy) is 1. The third-order valence-corrected chi connectivity index (χ3v) is 6.77. The van der Waals surface area contributed by atoms with E-state index in [-0.39, 0.29) is 11.3 Å². The minimum absolute atomic E-state index is 0.0255. The molecule has 37 heavy (non-hydrogen) atoms. The van der Waals surface area contributed by atoms with Crippen molar-refractivity contribution in [3.8, 4) is 5.75 Å². The first-order chi connectivity index (χ1) is 18.0. The summed E-state index contributed by atoms with van der Waals surface area (Å²) < 4.78 is 11.2. The van der Waals surface area contributed by atoms with Crippen molar-refractivity contribution < 1.29 is 23.8 Å². The lowest BCUT2D eigenvalue weighted by Crippen LogP contribution is -2.31. The van der Waals surface area contributed by atoms with Gasteiger partial charge in [-0.1, -0.05) is 36.4 Å². The van der Waals surface area contributed by atoms with Gasteiger partial charge in [-0.25, -0.2) is 0 Å². The van der Waals surface area contributed by atoms with Crippen molar-refractivity contribution in [2.24, 2.45) is 0 Å². The van der Waals surface area contributed by atoms with E-state index in [2.05, 4.69) is 18.7 Å². The zero-order chi connectivity index (χ0) is 26.1. The van der Waals surface area contributed by atoms with Gasteiger partial charge in [-0.15, -0.1) is 0 Å². The van der Waals surface area contributed by atoms with Crippen LogP contribution in [0.2, 0.25) is 0 Å². The minimum atomic E-state index is -0.855. The van der Waals surface area contributed by atoms with Crippen LogP contribution in [0, 0.1) is 0 Å². The number of hydrogen-bond acceptors (Lipinski definition) is 6. The number of nitrogens with zero attached hydrogens (tertiary/aromatic N) is 2. The summed E-state index contributed by atoms with van der Waals surface area (Å²) in [4.78, 5) is 30.9. The Kier molecular flexibility index (Phi) is 6.44. The molecule has 1 unspecified atom stereocenters. The molecule has 0 saturated carbocycles. The van der Waals surface area contributed by atoms with E-state index in [0.29, 0.717) is 22.6 Å². The molecule has 0 aliphatic carbocycles. The van der Waals surface area contributed by atoms with Gasteiger partial charge in [-0.2, -0.15) is 0 Å². The lowest BCUT2D eigenvalue weighted by molar-refractivity contribution is -0.117. The average Bonchev–Trinajstić information content (AvgIpc) is 3.48. The summed E-state index contributed by atoms with van der Waals surface area (Å²) in [5.41, 5.74) is 2.75. The van der Waals surface area contributed by atoms with Crippen LogP contribution in [0.4, 0.5) is 11.4 Å². The second kappa shape index (κ2) is 9.85. The molecule has 1 aliphatic rings. The maximum absolute atomic E-state index is 13.8. The van der Waals surface area contributed by atoms with Crippen molar-refractivity contribution in [3.63, 3.8) is 0 Å². The molecule has 1 amide bonds. The molecule has 3 aromatic carbocycles. The molecule has 7 heteroatoms. The first-order valence-corrected chi connectivity index (χ1v) is 12.3. The third kappa shape index (κ3) is 4.22. The minimum Gasteiger partial charge on any atom is -0.503 e. The number of furan rings is 1. The number of anilines is 2. The van der Waals surface area contributed by atoms with Gasteiger partial charge in [0.25, 0.3) is 5.91 Å². The number of aliphatic hydroxyl groups is 1. The van der Waals surface area contributed by atoms with Crippen LogP contribution in [0.25, 0.3) is 11.0 Å². The highest BCUT2D eigenvalue weighted by atomic mass is 16.5. The number of hydrogen-bond donors (Lipinski definition) is 1. The van der Waals surface area contributed by atoms with Gasteiger partial charge in [0.2, 0.25) is 5.78 Å². The fourth-order valence-electron chi connectivity index (χ4n) is 4.86. The van der Waals surface area contributed by atoms with E-state index in [4.69, 9.17) is 9.15 Å². The van der Waals surface area contributed by atoms with E-state index in [0.717, 1.165) is 24.2 Å². The lowest BCUT2D eigenvalue weighted by Gasteiger charge is -2.28. The zero-order valence-electron chi connectivity index (χ0n) is 21.0. The smallest absolute Gasteiger partial charge is 0.294 e. The maximum atomic E-state index is 13.8. The van der Waals surface area contributed by atoms with Crippen LogP contribution in [-0.2, 0) is 4.79 Å². The summed E-state index contributed by atoms with van der Waals surface area (Å²) in [7, 11) is 1.54. The molecule has 5 rings (SSSR count). The van der Waals surface area contributed by atoms with Crippen molar-refractivity contribution >= 4 is 34.0 Å². The Hall–Kier alpha value is -4.52. The standard InChI is InChI=1S/C30H28N2O5/c1-4-31(5-2)21-15-13-19(14-16-21)27-26(28(33)25-17-20-9-6-7-12-24(20)37-25)29(34)30(35)32(27)22-10-8-11-23(18-22)36-3/h6-18,27,34H,4-5H2,1-3H3. The van der Waals surface area contributed by atoms with E-state index in [9.17, 15) is 14.7 Å². The highest BCUT2D eigenvalue weighted by molar-refractivity contribution is 6.20. The molecule has 4 aromatic rings. The Morgan fingerprint density at radius 3 is 2.41 bits per heavy atom. The summed E-state index contributed by atoms with van der Waals surface area (Å²) >= 11 is 0. The Morgan fingerprint density at radius 2 is 1.73 bits per heavy atom. The van der Waals surface area contributed by atoms with Gasteiger partial charge in [0.05, 0.1) is 18.7 Å². The van der Waals surface area contributed by atoms with E-state index in [1.807, 2.05) is 42.5 Å². The molecule has 1 aromatic heterocycles. The maximum Gasteiger partial charge on any atom is 0.294 e. The molecule has 2 heterocycles. The van der Waals surface area contributed by atoms with Crippen LogP contribution in [-0.4, -0.2) is 37.0 Å². The fourth-order valence-corrected chi connectivity index (χ4v) is 4.86. The number of methoxy groups -OCH3 is 1. The van der Waals surface area contributed by atoms with Crippen LogP contribution >= 0.6 is 0 Å². The van der Waals surface area contributed by atoms with E-state index in [1.54, 1.807) is 43.5 Å². The number of benzene rings is 3. The van der Waals surface area contributed by atoms with Gasteiger partial charge in [0.15, 0.2) is 11.5 Å². The zero-order valence-corrected chi connectivity index (χ0v) is 21.0. The summed E-state index contributed by atoms with van der Waals surface area (Å²) in [5.74, 6) is -1.17. The molecule has 1 aliphatic heterocycles. The number of amides is 1. The Bertz CT molecular complexity index is 1460. The number of rotatable bonds is 8. The lowest BCUT2D eigenvalue weighted by atomic mass is 9.94. The van der Waals surface area contributed by atoms with Crippen molar-refractivity contribution in [3.05, 3.63) is 102 Å². The third-order valence-electron chi connectivity index (χ3n) is 6.77. The largest absolute Gasteiger partial charge is 0.503 e. The predicted octanol–water partition coefficient (Wildman–Crippen LogP) is 6.07. The monoisotopic (exact) mass is 496 g/mol. The van der Waals surface area contributed by atoms with Gasteiger partial charge in [0, 0.05) is 35.9 Å². The quantitative estimate of drug-likeness (QED) is 0.298. The highest BCUT2D eigenvalue weighted by Crippen LogP contribution is 2.43. The van der Waals surface area contributed by atoms with Crippen molar-refractivity contribution in [1.82, 2.24) is 0 Å². The number of ketones is 1. The van der Waals surface area contributed by atoms with Gasteiger partial charge in [0.1, 0.15) is 11.3 Å². The molecule has 0 fully saturated rings. The number of carbonyl (C=O) groups is 2. The second-order valence-corrected chi connectivity index (χ2v) is 8.78. The van der Waals surface area contributed by atoms with Crippen LogP contribution in [0.3, 0.4) is 0 Å². The number of carbonyl (C=O) groups excluding carboxylic acids is 2. The molecular formula is C30H28N2O5. The molecule has 0 bridgehead atoms. The van der Waals surface area contributed by atoms with Gasteiger partial charge in [-0.05, 0) is 55.8 Å². The molecule has 0 saturated heterocycles. The van der Waals surface area contributed by atoms with Crippen LogP contribution in [0.5, 0.6) is 5.75 Å².